The predicted octanol–water partition coefficient (Wildman–Crippen LogP) is 0.611. The minimum atomic E-state index is -3.29. The van der Waals surface area contributed by atoms with Crippen molar-refractivity contribution in [2.24, 2.45) is 5.92 Å². The highest BCUT2D eigenvalue weighted by atomic mass is 32.2. The molecular weight excluding hydrogens is 230 g/mol. The van der Waals surface area contributed by atoms with Crippen molar-refractivity contribution in [3.63, 3.8) is 0 Å². The Morgan fingerprint density at radius 3 is 2.44 bits per heavy atom. The van der Waals surface area contributed by atoms with E-state index in [2.05, 4.69) is 0 Å². The largest absolute Gasteiger partial charge is 0.465 e. The number of likely N-dealkylation sites (N-methyl/N-ethyl adjacent to an activating group) is 1. The number of esters is 1. The fraction of sp³-hybridized carbons (Fsp3) is 0.900. The predicted molar refractivity (Wildman–Crippen MR) is 60.4 cm³/mol. The molecule has 0 spiro atoms. The summed E-state index contributed by atoms with van der Waals surface area (Å²) in [4.78, 5) is 11.2. The summed E-state index contributed by atoms with van der Waals surface area (Å²) in [6, 6.07) is 0. The van der Waals surface area contributed by atoms with E-state index in [4.69, 9.17) is 4.74 Å². The lowest BCUT2D eigenvalue weighted by molar-refractivity contribution is -0.143. The maximum Gasteiger partial charge on any atom is 0.321 e. The fourth-order valence-electron chi connectivity index (χ4n) is 1.45. The van der Waals surface area contributed by atoms with Crippen LogP contribution in [0.5, 0.6) is 0 Å². The van der Waals surface area contributed by atoms with Gasteiger partial charge in [-0.25, -0.2) is 8.42 Å². The van der Waals surface area contributed by atoms with Crippen LogP contribution in [-0.4, -0.2) is 44.1 Å². The Morgan fingerprint density at radius 1 is 1.38 bits per heavy atom. The summed E-state index contributed by atoms with van der Waals surface area (Å²) in [5.41, 5.74) is 0. The molecule has 0 aromatic carbocycles. The zero-order valence-corrected chi connectivity index (χ0v) is 10.6. The number of nitrogens with zero attached hydrogens (tertiary/aromatic N) is 1. The highest BCUT2D eigenvalue weighted by Crippen LogP contribution is 2.31. The monoisotopic (exact) mass is 249 g/mol. The van der Waals surface area contributed by atoms with E-state index in [0.29, 0.717) is 12.5 Å². The van der Waals surface area contributed by atoms with E-state index in [-0.39, 0.29) is 18.9 Å². The molecule has 0 atom stereocenters. The van der Waals surface area contributed by atoms with Crippen molar-refractivity contribution in [2.75, 3.05) is 25.4 Å². The maximum atomic E-state index is 11.9. The van der Waals surface area contributed by atoms with Gasteiger partial charge in [-0.05, 0) is 25.7 Å². The second-order valence-corrected chi connectivity index (χ2v) is 5.97. The number of rotatable bonds is 7. The topological polar surface area (TPSA) is 63.7 Å². The van der Waals surface area contributed by atoms with Gasteiger partial charge in [-0.15, -0.1) is 0 Å². The van der Waals surface area contributed by atoms with Gasteiger partial charge in [0, 0.05) is 6.54 Å². The van der Waals surface area contributed by atoms with Crippen molar-refractivity contribution in [3.05, 3.63) is 0 Å². The normalized spacial score (nSPS) is 16.4. The third kappa shape index (κ3) is 4.09. The molecule has 0 aromatic heterocycles. The van der Waals surface area contributed by atoms with E-state index >= 15 is 0 Å². The van der Waals surface area contributed by atoms with Crippen LogP contribution in [0.1, 0.15) is 26.7 Å². The zero-order chi connectivity index (χ0) is 12.2. The summed E-state index contributed by atoms with van der Waals surface area (Å²) < 4.78 is 29.7. The molecular formula is C10H19NO4S. The lowest BCUT2D eigenvalue weighted by Crippen LogP contribution is -2.38. The Bertz CT molecular complexity index is 335. The molecule has 0 saturated heterocycles. The quantitative estimate of drug-likeness (QED) is 0.620. The number of sulfonamides is 1. The van der Waals surface area contributed by atoms with Gasteiger partial charge < -0.3 is 4.74 Å². The highest BCUT2D eigenvalue weighted by Gasteiger charge is 2.32. The molecule has 0 aromatic rings. The van der Waals surface area contributed by atoms with Crippen molar-refractivity contribution >= 4 is 16.0 Å². The van der Waals surface area contributed by atoms with Gasteiger partial charge in [0.1, 0.15) is 6.54 Å². The molecule has 0 bridgehead atoms. The fourth-order valence-corrected chi connectivity index (χ4v) is 3.28. The van der Waals surface area contributed by atoms with Gasteiger partial charge in [0.15, 0.2) is 0 Å². The average molecular weight is 249 g/mol. The van der Waals surface area contributed by atoms with E-state index in [1.807, 2.05) is 0 Å². The van der Waals surface area contributed by atoms with Crippen LogP contribution in [0, 0.1) is 5.92 Å². The molecule has 0 aliphatic heterocycles. The second-order valence-electron chi connectivity index (χ2n) is 3.95. The molecule has 0 amide bonds. The van der Waals surface area contributed by atoms with E-state index in [1.165, 1.54) is 4.31 Å². The molecule has 1 fully saturated rings. The Kier molecular flexibility index (Phi) is 4.73. The van der Waals surface area contributed by atoms with E-state index in [1.54, 1.807) is 13.8 Å². The standard InChI is InChI=1S/C10H19NO4S/c1-3-11(7-10(12)15-4-2)16(13,14)8-9-5-6-9/h9H,3-8H2,1-2H3. The maximum absolute atomic E-state index is 11.9. The van der Waals surface area contributed by atoms with Crippen molar-refractivity contribution in [1.82, 2.24) is 4.31 Å². The van der Waals surface area contributed by atoms with Crippen LogP contribution in [0.25, 0.3) is 0 Å². The smallest absolute Gasteiger partial charge is 0.321 e. The van der Waals surface area contributed by atoms with Crippen molar-refractivity contribution in [1.29, 1.82) is 0 Å². The van der Waals surface area contributed by atoms with Crippen LogP contribution >= 0.6 is 0 Å². The molecule has 1 saturated carbocycles. The molecule has 0 heterocycles. The van der Waals surface area contributed by atoms with Crippen LogP contribution in [0.2, 0.25) is 0 Å². The summed E-state index contributed by atoms with van der Waals surface area (Å²) in [6.07, 6.45) is 1.96. The molecule has 1 rings (SSSR count). The summed E-state index contributed by atoms with van der Waals surface area (Å²) in [6.45, 7) is 3.85. The Hall–Kier alpha value is -0.620. The minimum absolute atomic E-state index is 0.167. The van der Waals surface area contributed by atoms with Gasteiger partial charge in [0.2, 0.25) is 10.0 Å². The average Bonchev–Trinajstić information content (AvgIpc) is 2.97. The first-order valence-corrected chi connectivity index (χ1v) is 7.24. The van der Waals surface area contributed by atoms with Gasteiger partial charge >= 0.3 is 5.97 Å². The molecule has 16 heavy (non-hydrogen) atoms. The SMILES string of the molecule is CCOC(=O)CN(CC)S(=O)(=O)CC1CC1. The molecule has 0 N–H and O–H groups in total. The molecule has 1 aliphatic carbocycles. The van der Waals surface area contributed by atoms with Crippen molar-refractivity contribution < 1.29 is 17.9 Å². The van der Waals surface area contributed by atoms with E-state index in [9.17, 15) is 13.2 Å². The van der Waals surface area contributed by atoms with E-state index in [0.717, 1.165) is 12.8 Å². The van der Waals surface area contributed by atoms with Crippen LogP contribution in [0.15, 0.2) is 0 Å². The third-order valence-electron chi connectivity index (χ3n) is 2.50. The summed E-state index contributed by atoms with van der Waals surface area (Å²) >= 11 is 0. The molecule has 1 aliphatic rings. The number of carbonyl (C=O) groups excluding carboxylic acids is 1. The Morgan fingerprint density at radius 2 is 2.00 bits per heavy atom. The van der Waals surface area contributed by atoms with Gasteiger partial charge in [-0.1, -0.05) is 6.92 Å². The van der Waals surface area contributed by atoms with Crippen molar-refractivity contribution in [2.45, 2.75) is 26.7 Å². The van der Waals surface area contributed by atoms with Crippen LogP contribution < -0.4 is 0 Å². The van der Waals surface area contributed by atoms with Crippen LogP contribution in [0.3, 0.4) is 0 Å². The number of hydrogen-bond donors (Lipinski definition) is 0. The number of hydrogen-bond acceptors (Lipinski definition) is 4. The van der Waals surface area contributed by atoms with Gasteiger partial charge in [0.05, 0.1) is 12.4 Å². The highest BCUT2D eigenvalue weighted by molar-refractivity contribution is 7.89. The third-order valence-corrected chi connectivity index (χ3v) is 4.57. The summed E-state index contributed by atoms with van der Waals surface area (Å²) in [5, 5.41) is 0. The molecule has 6 heteroatoms. The second kappa shape index (κ2) is 5.63. The lowest BCUT2D eigenvalue weighted by Gasteiger charge is -2.19. The summed E-state index contributed by atoms with van der Waals surface area (Å²) in [5.74, 6) is -0.0229. The molecule has 5 nitrogen and oxygen atoms in total. The van der Waals surface area contributed by atoms with Crippen LogP contribution in [0.4, 0.5) is 0 Å². The Labute approximate surface area is 96.8 Å². The number of ether oxygens (including phenoxy) is 1. The first-order chi connectivity index (χ1) is 7.49. The Balaban J connectivity index is 2.54. The van der Waals surface area contributed by atoms with Gasteiger partial charge in [-0.3, -0.25) is 4.79 Å². The van der Waals surface area contributed by atoms with Gasteiger partial charge in [0.25, 0.3) is 0 Å². The first kappa shape index (κ1) is 13.4. The minimum Gasteiger partial charge on any atom is -0.465 e. The first-order valence-electron chi connectivity index (χ1n) is 5.63. The van der Waals surface area contributed by atoms with E-state index < -0.39 is 16.0 Å². The van der Waals surface area contributed by atoms with Gasteiger partial charge in [-0.2, -0.15) is 4.31 Å². The molecule has 94 valence electrons. The molecule has 0 unspecified atom stereocenters. The summed E-state index contributed by atoms with van der Waals surface area (Å²) in [7, 11) is -3.29. The van der Waals surface area contributed by atoms with Crippen LogP contribution in [-0.2, 0) is 19.6 Å². The van der Waals surface area contributed by atoms with Crippen molar-refractivity contribution in [3.8, 4) is 0 Å². The zero-order valence-electron chi connectivity index (χ0n) is 9.81. The molecule has 0 radical (unpaired) electrons. The number of carbonyl (C=O) groups is 1. The lowest BCUT2D eigenvalue weighted by atomic mass is 10.5.